The average molecular weight is 433 g/mol. The summed E-state index contributed by atoms with van der Waals surface area (Å²) in [5, 5.41) is 17.5. The molecule has 0 aliphatic carbocycles. The van der Waals surface area contributed by atoms with Crippen LogP contribution in [0.5, 0.6) is 0 Å². The van der Waals surface area contributed by atoms with Crippen LogP contribution in [0.15, 0.2) is 10.6 Å². The van der Waals surface area contributed by atoms with Crippen LogP contribution < -0.4 is 22.1 Å². The number of amides is 1. The number of aromatic nitrogens is 1. The summed E-state index contributed by atoms with van der Waals surface area (Å²) in [5.41, 5.74) is 11.9. The molecule has 13 nitrogen and oxygen atoms in total. The highest BCUT2D eigenvalue weighted by Gasteiger charge is 2.35. The number of nitrogens with zero attached hydrogens (tertiary/aromatic N) is 2. The molecule has 1 aliphatic rings. The van der Waals surface area contributed by atoms with E-state index in [1.54, 1.807) is 6.07 Å². The highest BCUT2D eigenvalue weighted by Crippen LogP contribution is 2.26. The number of nitrogens with one attached hydrogen (secondary N) is 3. The van der Waals surface area contributed by atoms with E-state index in [2.05, 4.69) is 20.1 Å². The zero-order valence-electron chi connectivity index (χ0n) is 15.8. The largest absolute Gasteiger partial charge is 0.418 e. The van der Waals surface area contributed by atoms with E-state index in [0.717, 1.165) is 0 Å². The molecule has 2 heterocycles. The fraction of sp³-hybridized carbons (Fsp3) is 0.667. The Kier molecular flexibility index (Phi) is 8.33. The lowest BCUT2D eigenvalue weighted by Gasteiger charge is -2.22. The smallest absolute Gasteiger partial charge is 0.370 e. The maximum absolute atomic E-state index is 11.7. The van der Waals surface area contributed by atoms with Crippen molar-refractivity contribution in [3.05, 3.63) is 17.5 Å². The van der Waals surface area contributed by atoms with Gasteiger partial charge in [-0.1, -0.05) is 5.16 Å². The lowest BCUT2D eigenvalue weighted by Crippen LogP contribution is -2.36. The van der Waals surface area contributed by atoms with E-state index in [-0.39, 0.29) is 12.4 Å². The summed E-state index contributed by atoms with van der Waals surface area (Å²) in [7, 11) is -4.76. The standard InChI is InChI=1S/C15H27N7O6S/c16-12(3-1-10-2-4-14(23)22(10)28-29(24,25)26)13-9-11(27-21-13)5-6-19-7-8-20-15(17)18/h9-10,12,19H,1-8,16H2,(H4,17,18,20)(H,24,25,26)/t10-,12+/m1/s1. The molecule has 14 heteroatoms. The number of hydrogen-bond acceptors (Lipinski definition) is 9. The molecule has 0 aromatic carbocycles. The third-order valence-corrected chi connectivity index (χ3v) is 4.73. The molecule has 0 radical (unpaired) electrons. The van der Waals surface area contributed by atoms with Crippen molar-refractivity contribution in [2.75, 3.05) is 19.6 Å². The van der Waals surface area contributed by atoms with E-state index in [1.165, 1.54) is 0 Å². The van der Waals surface area contributed by atoms with Gasteiger partial charge < -0.3 is 26.6 Å². The van der Waals surface area contributed by atoms with Gasteiger partial charge in [0.2, 0.25) is 5.91 Å². The molecule has 2 atom stereocenters. The second kappa shape index (κ2) is 10.5. The topological polar surface area (TPSA) is 210 Å². The summed E-state index contributed by atoms with van der Waals surface area (Å²) >= 11 is 0. The van der Waals surface area contributed by atoms with Crippen molar-refractivity contribution in [3.63, 3.8) is 0 Å². The van der Waals surface area contributed by atoms with Crippen molar-refractivity contribution in [1.82, 2.24) is 20.9 Å². The molecule has 0 saturated carbocycles. The van der Waals surface area contributed by atoms with Gasteiger partial charge in [-0.15, -0.1) is 4.28 Å². The second-order valence-corrected chi connectivity index (χ2v) is 7.66. The molecule has 0 spiro atoms. The van der Waals surface area contributed by atoms with Crippen molar-refractivity contribution < 1.29 is 26.6 Å². The quantitative estimate of drug-likeness (QED) is 0.0996. The van der Waals surface area contributed by atoms with Gasteiger partial charge in [-0.05, 0) is 19.3 Å². The molecule has 0 bridgehead atoms. The van der Waals surface area contributed by atoms with Crippen LogP contribution in [0.2, 0.25) is 0 Å². The number of carbonyl (C=O) groups is 1. The first-order valence-electron chi connectivity index (χ1n) is 9.14. The van der Waals surface area contributed by atoms with E-state index < -0.39 is 28.4 Å². The highest BCUT2D eigenvalue weighted by atomic mass is 32.3. The van der Waals surface area contributed by atoms with Crippen molar-refractivity contribution in [2.24, 2.45) is 11.5 Å². The molecule has 1 amide bonds. The molecule has 1 aromatic rings. The average Bonchev–Trinajstić information content (AvgIpc) is 3.22. The zero-order chi connectivity index (χ0) is 21.4. The number of guanidine groups is 1. The Morgan fingerprint density at radius 1 is 1.48 bits per heavy atom. The number of rotatable bonds is 12. The van der Waals surface area contributed by atoms with E-state index in [4.69, 9.17) is 26.0 Å². The van der Waals surface area contributed by atoms with Crippen LogP contribution in [0.25, 0.3) is 0 Å². The Morgan fingerprint density at radius 2 is 2.24 bits per heavy atom. The van der Waals surface area contributed by atoms with Crippen LogP contribution in [0, 0.1) is 5.41 Å². The van der Waals surface area contributed by atoms with Gasteiger partial charge in [-0.3, -0.25) is 14.8 Å². The summed E-state index contributed by atoms with van der Waals surface area (Å²) in [6, 6.07) is 0.810. The Bertz CT molecular complexity index is 799. The van der Waals surface area contributed by atoms with Gasteiger partial charge in [-0.25, -0.2) is 0 Å². The molecule has 1 fully saturated rings. The van der Waals surface area contributed by atoms with E-state index in [1.807, 2.05) is 0 Å². The minimum Gasteiger partial charge on any atom is -0.370 e. The van der Waals surface area contributed by atoms with Crippen molar-refractivity contribution in [3.8, 4) is 0 Å². The first-order chi connectivity index (χ1) is 13.7. The van der Waals surface area contributed by atoms with Gasteiger partial charge in [0.15, 0.2) is 5.96 Å². The molecular weight excluding hydrogens is 406 g/mol. The molecule has 1 aromatic heterocycles. The van der Waals surface area contributed by atoms with Crippen LogP contribution in [-0.2, 0) is 25.9 Å². The summed E-state index contributed by atoms with van der Waals surface area (Å²) in [6.07, 6.45) is 1.96. The van der Waals surface area contributed by atoms with Gasteiger partial charge in [0.25, 0.3) is 0 Å². The molecule has 29 heavy (non-hydrogen) atoms. The van der Waals surface area contributed by atoms with E-state index in [0.29, 0.717) is 61.8 Å². The van der Waals surface area contributed by atoms with E-state index in [9.17, 15) is 13.2 Å². The predicted molar refractivity (Wildman–Crippen MR) is 102 cm³/mol. The van der Waals surface area contributed by atoms with Crippen LogP contribution in [0.3, 0.4) is 0 Å². The normalized spacial score (nSPS) is 18.2. The molecule has 1 aliphatic heterocycles. The lowest BCUT2D eigenvalue weighted by atomic mass is 10.0. The fourth-order valence-corrected chi connectivity index (χ4v) is 3.36. The Morgan fingerprint density at radius 3 is 2.93 bits per heavy atom. The maximum atomic E-state index is 11.7. The zero-order valence-corrected chi connectivity index (χ0v) is 16.7. The second-order valence-electron chi connectivity index (χ2n) is 6.66. The summed E-state index contributed by atoms with van der Waals surface area (Å²) in [6.45, 7) is 1.84. The van der Waals surface area contributed by atoms with Gasteiger partial charge in [0.05, 0.1) is 12.1 Å². The predicted octanol–water partition coefficient (Wildman–Crippen LogP) is -1.20. The molecule has 0 unspecified atom stereocenters. The minimum atomic E-state index is -4.76. The molecule has 2 rings (SSSR count). The monoisotopic (exact) mass is 433 g/mol. The van der Waals surface area contributed by atoms with E-state index >= 15 is 0 Å². The van der Waals surface area contributed by atoms with Crippen molar-refractivity contribution >= 4 is 22.3 Å². The Labute approximate surface area is 168 Å². The van der Waals surface area contributed by atoms with Crippen LogP contribution in [0.1, 0.15) is 43.2 Å². The number of carbonyl (C=O) groups excluding carboxylic acids is 1. The Hall–Kier alpha value is -2.26. The number of nitrogens with two attached hydrogens (primary N) is 2. The SMILES string of the molecule is N=C(N)NCCNCCc1cc([C@@H](N)CC[C@@H]2CCC(=O)N2OS(=O)(=O)O)no1. The van der Waals surface area contributed by atoms with Gasteiger partial charge in [0, 0.05) is 38.5 Å². The first kappa shape index (κ1) is 23.0. The third kappa shape index (κ3) is 7.94. The first-order valence-corrected chi connectivity index (χ1v) is 10.5. The molecule has 1 saturated heterocycles. The molecule has 8 N–H and O–H groups in total. The Balaban J connectivity index is 1.74. The van der Waals surface area contributed by atoms with Crippen molar-refractivity contribution in [1.29, 1.82) is 5.41 Å². The molecule has 164 valence electrons. The highest BCUT2D eigenvalue weighted by molar-refractivity contribution is 7.80. The van der Waals surface area contributed by atoms with Gasteiger partial charge in [-0.2, -0.15) is 13.5 Å². The number of hydroxylamine groups is 2. The number of hydrogen-bond donors (Lipinski definition) is 6. The van der Waals surface area contributed by atoms with Crippen molar-refractivity contribution in [2.45, 2.75) is 44.2 Å². The third-order valence-electron chi connectivity index (χ3n) is 4.38. The van der Waals surface area contributed by atoms with Crippen LogP contribution in [-0.4, -0.2) is 60.7 Å². The maximum Gasteiger partial charge on any atom is 0.418 e. The molecular formula is C15H27N7O6S. The van der Waals surface area contributed by atoms with Gasteiger partial charge in [0.1, 0.15) is 11.5 Å². The summed E-state index contributed by atoms with van der Waals surface area (Å²) < 4.78 is 40.2. The fourth-order valence-electron chi connectivity index (χ4n) is 2.95. The minimum absolute atomic E-state index is 0.0738. The lowest BCUT2D eigenvalue weighted by molar-refractivity contribution is -0.157. The van der Waals surface area contributed by atoms with Crippen LogP contribution >= 0.6 is 0 Å². The summed E-state index contributed by atoms with van der Waals surface area (Å²) in [5.74, 6) is 0.0843. The summed E-state index contributed by atoms with van der Waals surface area (Å²) in [4.78, 5) is 11.7. The van der Waals surface area contributed by atoms with Gasteiger partial charge >= 0.3 is 10.4 Å². The van der Waals surface area contributed by atoms with Crippen LogP contribution in [0.4, 0.5) is 0 Å².